The van der Waals surface area contributed by atoms with Crippen molar-refractivity contribution in [3.05, 3.63) is 35.4 Å². The molecule has 1 heterocycles. The summed E-state index contributed by atoms with van der Waals surface area (Å²) < 4.78 is 5.82. The van der Waals surface area contributed by atoms with E-state index in [9.17, 15) is 9.90 Å². The van der Waals surface area contributed by atoms with Gasteiger partial charge in [-0.2, -0.15) is 0 Å². The van der Waals surface area contributed by atoms with Gasteiger partial charge in [-0.3, -0.25) is 9.69 Å². The number of ether oxygens (including phenoxy) is 1. The Kier molecular flexibility index (Phi) is 6.24. The first-order valence-corrected chi connectivity index (χ1v) is 10.3. The maximum atomic E-state index is 13.1. The fourth-order valence-corrected chi connectivity index (χ4v) is 4.75. The molecule has 4 unspecified atom stereocenters. The Morgan fingerprint density at radius 2 is 1.96 bits per heavy atom. The van der Waals surface area contributed by atoms with E-state index in [1.165, 1.54) is 5.56 Å². The molecule has 0 saturated carbocycles. The molecule has 4 atom stereocenters. The first-order valence-electron chi connectivity index (χ1n) is 10.3. The van der Waals surface area contributed by atoms with Gasteiger partial charge in [-0.05, 0) is 50.2 Å². The van der Waals surface area contributed by atoms with Crippen molar-refractivity contribution < 1.29 is 14.6 Å². The maximum absolute atomic E-state index is 13.1. The molecule has 2 aliphatic rings. The topological polar surface area (TPSA) is 61.8 Å². The van der Waals surface area contributed by atoms with Crippen LogP contribution in [0.3, 0.4) is 0 Å². The number of benzene rings is 1. The molecular weight excluding hydrogens is 340 g/mol. The molecule has 1 amide bonds. The molecule has 0 radical (unpaired) electrons. The zero-order valence-corrected chi connectivity index (χ0v) is 17.1. The summed E-state index contributed by atoms with van der Waals surface area (Å²) in [6, 6.07) is 7.84. The highest BCUT2D eigenvalue weighted by Gasteiger charge is 2.37. The minimum Gasteiger partial charge on any atom is -0.383 e. The summed E-state index contributed by atoms with van der Waals surface area (Å²) in [4.78, 5) is 15.3. The lowest BCUT2D eigenvalue weighted by Gasteiger charge is -2.41. The highest BCUT2D eigenvalue weighted by atomic mass is 16.5. The Morgan fingerprint density at radius 1 is 1.30 bits per heavy atom. The molecule has 0 bridgehead atoms. The number of carbonyl (C=O) groups is 1. The molecule has 27 heavy (non-hydrogen) atoms. The lowest BCUT2D eigenvalue weighted by Crippen LogP contribution is -2.58. The minimum atomic E-state index is -0.975. The van der Waals surface area contributed by atoms with Crippen LogP contribution in [0.15, 0.2) is 24.3 Å². The van der Waals surface area contributed by atoms with E-state index in [4.69, 9.17) is 4.74 Å². The number of hydrogen-bond acceptors (Lipinski definition) is 4. The van der Waals surface area contributed by atoms with Gasteiger partial charge in [0.25, 0.3) is 0 Å². The monoisotopic (exact) mass is 374 g/mol. The Labute approximate surface area is 163 Å². The van der Waals surface area contributed by atoms with E-state index in [1.54, 1.807) is 0 Å². The molecule has 1 aliphatic carbocycles. The van der Waals surface area contributed by atoms with Gasteiger partial charge in [0.1, 0.15) is 5.60 Å². The summed E-state index contributed by atoms with van der Waals surface area (Å²) in [5, 5.41) is 14.3. The second-order valence-corrected chi connectivity index (χ2v) is 8.66. The Balaban J connectivity index is 1.70. The normalized spacial score (nSPS) is 30.0. The van der Waals surface area contributed by atoms with Crippen molar-refractivity contribution in [3.63, 3.8) is 0 Å². The summed E-state index contributed by atoms with van der Waals surface area (Å²) >= 11 is 0. The quantitative estimate of drug-likeness (QED) is 0.831. The fourth-order valence-electron chi connectivity index (χ4n) is 4.75. The number of morpholine rings is 1. The third kappa shape index (κ3) is 4.53. The number of fused-ring (bicyclic) bond motifs is 1. The van der Waals surface area contributed by atoms with E-state index < -0.39 is 5.60 Å². The van der Waals surface area contributed by atoms with E-state index >= 15 is 0 Å². The molecule has 1 saturated heterocycles. The second kappa shape index (κ2) is 8.29. The molecular formula is C22H34N2O3. The van der Waals surface area contributed by atoms with Crippen LogP contribution in [0.4, 0.5) is 0 Å². The third-order valence-corrected chi connectivity index (χ3v) is 5.85. The predicted molar refractivity (Wildman–Crippen MR) is 106 cm³/mol. The smallest absolute Gasteiger partial charge is 0.237 e. The number of rotatable bonds is 5. The van der Waals surface area contributed by atoms with Crippen LogP contribution in [-0.2, 0) is 21.6 Å². The summed E-state index contributed by atoms with van der Waals surface area (Å²) in [5.74, 6) is 0.193. The molecule has 1 aromatic carbocycles. The SMILES string of the molecule is CC1CN(C(C(=O)NCC2(O)CCCc3ccccc32)C(C)C)CC(C)O1. The lowest BCUT2D eigenvalue weighted by atomic mass is 9.79. The molecule has 1 fully saturated rings. The highest BCUT2D eigenvalue weighted by Crippen LogP contribution is 2.34. The largest absolute Gasteiger partial charge is 0.383 e. The van der Waals surface area contributed by atoms with Crippen LogP contribution in [0.25, 0.3) is 0 Å². The van der Waals surface area contributed by atoms with Gasteiger partial charge in [0.15, 0.2) is 0 Å². The average Bonchev–Trinajstić information content (AvgIpc) is 2.59. The van der Waals surface area contributed by atoms with Crippen molar-refractivity contribution in [3.8, 4) is 0 Å². The van der Waals surface area contributed by atoms with Gasteiger partial charge in [0, 0.05) is 13.1 Å². The van der Waals surface area contributed by atoms with Crippen molar-refractivity contribution >= 4 is 5.91 Å². The molecule has 1 aromatic rings. The third-order valence-electron chi connectivity index (χ3n) is 5.85. The van der Waals surface area contributed by atoms with Crippen LogP contribution in [0.2, 0.25) is 0 Å². The number of nitrogens with one attached hydrogen (secondary N) is 1. The van der Waals surface area contributed by atoms with E-state index in [-0.39, 0.29) is 36.6 Å². The maximum Gasteiger partial charge on any atom is 0.237 e. The fraction of sp³-hybridized carbons (Fsp3) is 0.682. The standard InChI is InChI=1S/C22H34N2O3/c1-15(2)20(24-12-16(3)27-17(4)13-24)21(25)23-14-22(26)11-7-9-18-8-5-6-10-19(18)22/h5-6,8,10,15-17,20,26H,7,9,11-14H2,1-4H3,(H,23,25). The van der Waals surface area contributed by atoms with E-state index in [0.717, 1.165) is 31.5 Å². The van der Waals surface area contributed by atoms with Crippen LogP contribution < -0.4 is 5.32 Å². The van der Waals surface area contributed by atoms with Crippen molar-refractivity contribution in [2.75, 3.05) is 19.6 Å². The van der Waals surface area contributed by atoms with Crippen molar-refractivity contribution in [1.29, 1.82) is 0 Å². The Bertz CT molecular complexity index is 653. The van der Waals surface area contributed by atoms with Gasteiger partial charge in [0.05, 0.1) is 24.8 Å². The first kappa shape index (κ1) is 20.3. The number of hydrogen-bond donors (Lipinski definition) is 2. The first-order chi connectivity index (χ1) is 12.8. The molecule has 1 aliphatic heterocycles. The predicted octanol–water partition coefficient (Wildman–Crippen LogP) is 2.46. The van der Waals surface area contributed by atoms with Crippen LogP contribution in [0, 0.1) is 5.92 Å². The van der Waals surface area contributed by atoms with Crippen LogP contribution in [-0.4, -0.2) is 53.8 Å². The number of carbonyl (C=O) groups excluding carboxylic acids is 1. The van der Waals surface area contributed by atoms with Crippen molar-refractivity contribution in [2.45, 2.75) is 70.8 Å². The number of aryl methyl sites for hydroxylation is 1. The van der Waals surface area contributed by atoms with Crippen molar-refractivity contribution in [1.82, 2.24) is 10.2 Å². The van der Waals surface area contributed by atoms with Gasteiger partial charge in [-0.1, -0.05) is 38.1 Å². The number of nitrogens with zero attached hydrogens (tertiary/aromatic N) is 1. The summed E-state index contributed by atoms with van der Waals surface area (Å²) in [7, 11) is 0. The van der Waals surface area contributed by atoms with Crippen LogP contribution >= 0.6 is 0 Å². The van der Waals surface area contributed by atoms with Crippen LogP contribution in [0.5, 0.6) is 0 Å². The molecule has 2 N–H and O–H groups in total. The van der Waals surface area contributed by atoms with E-state index in [0.29, 0.717) is 6.42 Å². The van der Waals surface area contributed by atoms with E-state index in [2.05, 4.69) is 44.0 Å². The molecule has 0 aromatic heterocycles. The minimum absolute atomic E-state index is 0.00257. The highest BCUT2D eigenvalue weighted by molar-refractivity contribution is 5.82. The van der Waals surface area contributed by atoms with Gasteiger partial charge in [0.2, 0.25) is 5.91 Å². The van der Waals surface area contributed by atoms with Gasteiger partial charge < -0.3 is 15.2 Å². The van der Waals surface area contributed by atoms with Gasteiger partial charge in [-0.15, -0.1) is 0 Å². The molecule has 0 spiro atoms. The number of amides is 1. The Morgan fingerprint density at radius 3 is 2.63 bits per heavy atom. The van der Waals surface area contributed by atoms with Crippen LogP contribution in [0.1, 0.15) is 51.7 Å². The number of aliphatic hydroxyl groups is 1. The zero-order chi connectivity index (χ0) is 19.6. The summed E-state index contributed by atoms with van der Waals surface area (Å²) in [6.07, 6.45) is 2.86. The van der Waals surface area contributed by atoms with E-state index in [1.807, 2.05) is 18.2 Å². The Hall–Kier alpha value is -1.43. The lowest BCUT2D eigenvalue weighted by molar-refractivity contribution is -0.136. The van der Waals surface area contributed by atoms with Crippen molar-refractivity contribution in [2.24, 2.45) is 5.92 Å². The van der Waals surface area contributed by atoms with Gasteiger partial charge >= 0.3 is 0 Å². The average molecular weight is 375 g/mol. The molecule has 150 valence electrons. The summed E-state index contributed by atoms with van der Waals surface area (Å²) in [6.45, 7) is 10.1. The molecule has 5 nitrogen and oxygen atoms in total. The second-order valence-electron chi connectivity index (χ2n) is 8.66. The molecule has 3 rings (SSSR count). The summed E-state index contributed by atoms with van der Waals surface area (Å²) in [5.41, 5.74) is 1.18. The van der Waals surface area contributed by atoms with Gasteiger partial charge in [-0.25, -0.2) is 0 Å². The zero-order valence-electron chi connectivity index (χ0n) is 17.1. The molecule has 5 heteroatoms.